The monoisotopic (exact) mass is 403 g/mol. The predicted octanol–water partition coefficient (Wildman–Crippen LogP) is 3.23. The van der Waals surface area contributed by atoms with Crippen LogP contribution < -0.4 is 10.6 Å². The quantitative estimate of drug-likeness (QED) is 0.775. The Kier molecular flexibility index (Phi) is 4.75. The Balaban J connectivity index is 1.12. The summed E-state index contributed by atoms with van der Waals surface area (Å²) in [5.74, 6) is 0.480. The molecule has 3 fully saturated rings. The zero-order chi connectivity index (χ0) is 18.4. The summed E-state index contributed by atoms with van der Waals surface area (Å²) in [5.41, 5.74) is 1.30. The third kappa shape index (κ3) is 4.08. The van der Waals surface area contributed by atoms with Crippen molar-refractivity contribution in [2.45, 2.75) is 63.1 Å². The standard InChI is InChI=1S/C19H25N5OS2/c1-11-22-23-19(27-11)21-18(25)17-8-12(10-26-17)15-9-16(15)20-13-4-6-24(7-5-13)14-2-3-14/h8,10,13-16,20H,2-7,9H2,1H3,(H,21,23,25)/t15-,16+/m0/s1. The highest BCUT2D eigenvalue weighted by molar-refractivity contribution is 7.15. The molecule has 1 saturated heterocycles. The SMILES string of the molecule is Cc1nnc(NC(=O)c2cc([C@@H]3C[C@H]3NC3CCN(C4CC4)CC3)cs2)s1. The van der Waals surface area contributed by atoms with Gasteiger partial charge >= 0.3 is 0 Å². The third-order valence-electron chi connectivity index (χ3n) is 5.85. The number of hydrogen-bond donors (Lipinski definition) is 2. The van der Waals surface area contributed by atoms with Crippen LogP contribution >= 0.6 is 22.7 Å². The lowest BCUT2D eigenvalue weighted by Gasteiger charge is -2.32. The summed E-state index contributed by atoms with van der Waals surface area (Å²) in [6.07, 6.45) is 6.57. The van der Waals surface area contributed by atoms with Crippen molar-refractivity contribution in [3.63, 3.8) is 0 Å². The van der Waals surface area contributed by atoms with Crippen molar-refractivity contribution < 1.29 is 4.79 Å². The molecular formula is C19H25N5OS2. The number of likely N-dealkylation sites (tertiary alicyclic amines) is 1. The van der Waals surface area contributed by atoms with Crippen LogP contribution in [0.25, 0.3) is 0 Å². The van der Waals surface area contributed by atoms with Gasteiger partial charge in [-0.25, -0.2) is 0 Å². The van der Waals surface area contributed by atoms with Crippen molar-refractivity contribution in [1.82, 2.24) is 20.4 Å². The molecule has 2 aliphatic carbocycles. The van der Waals surface area contributed by atoms with Crippen molar-refractivity contribution in [2.75, 3.05) is 18.4 Å². The molecule has 2 N–H and O–H groups in total. The number of anilines is 1. The molecule has 8 heteroatoms. The topological polar surface area (TPSA) is 70.1 Å². The molecule has 3 heterocycles. The molecule has 0 unspecified atom stereocenters. The maximum absolute atomic E-state index is 12.4. The average molecular weight is 404 g/mol. The molecule has 6 nitrogen and oxygen atoms in total. The summed E-state index contributed by atoms with van der Waals surface area (Å²) in [5, 5.41) is 18.2. The Labute approximate surface area is 167 Å². The van der Waals surface area contributed by atoms with E-state index in [1.165, 1.54) is 73.4 Å². The Morgan fingerprint density at radius 1 is 1.22 bits per heavy atom. The van der Waals surface area contributed by atoms with Crippen LogP contribution in [0.1, 0.15) is 58.3 Å². The molecule has 27 heavy (non-hydrogen) atoms. The number of carbonyl (C=O) groups is 1. The van der Waals surface area contributed by atoms with Crippen molar-refractivity contribution in [1.29, 1.82) is 0 Å². The molecule has 3 aliphatic rings. The van der Waals surface area contributed by atoms with Gasteiger partial charge in [0.15, 0.2) is 0 Å². The lowest BCUT2D eigenvalue weighted by atomic mass is 10.0. The van der Waals surface area contributed by atoms with Crippen molar-refractivity contribution >= 4 is 33.7 Å². The number of nitrogens with zero attached hydrogens (tertiary/aromatic N) is 3. The van der Waals surface area contributed by atoms with Crippen LogP contribution in [-0.2, 0) is 0 Å². The molecule has 0 radical (unpaired) electrons. The second-order valence-electron chi connectivity index (χ2n) is 7.98. The Morgan fingerprint density at radius 3 is 2.74 bits per heavy atom. The van der Waals surface area contributed by atoms with E-state index in [9.17, 15) is 4.79 Å². The fourth-order valence-electron chi connectivity index (χ4n) is 4.09. The summed E-state index contributed by atoms with van der Waals surface area (Å²) < 4.78 is 0. The number of piperidine rings is 1. The van der Waals surface area contributed by atoms with Crippen LogP contribution in [0.5, 0.6) is 0 Å². The van der Waals surface area contributed by atoms with Gasteiger partial charge in [-0.3, -0.25) is 10.1 Å². The van der Waals surface area contributed by atoms with Crippen LogP contribution in [0, 0.1) is 6.92 Å². The molecule has 0 spiro atoms. The van der Waals surface area contributed by atoms with Crippen molar-refractivity contribution in [3.8, 4) is 0 Å². The maximum Gasteiger partial charge on any atom is 0.267 e. The fourth-order valence-corrected chi connectivity index (χ4v) is 5.55. The van der Waals surface area contributed by atoms with Gasteiger partial charge in [-0.2, -0.15) is 0 Å². The predicted molar refractivity (Wildman–Crippen MR) is 109 cm³/mol. The number of aryl methyl sites for hydroxylation is 1. The molecule has 144 valence electrons. The van der Waals surface area contributed by atoms with E-state index in [1.54, 1.807) is 0 Å². The minimum Gasteiger partial charge on any atom is -0.311 e. The first-order valence-electron chi connectivity index (χ1n) is 9.85. The number of thiophene rings is 1. The molecule has 2 aromatic heterocycles. The summed E-state index contributed by atoms with van der Waals surface area (Å²) >= 11 is 2.92. The Bertz CT molecular complexity index is 822. The van der Waals surface area contributed by atoms with Crippen molar-refractivity contribution in [2.24, 2.45) is 0 Å². The van der Waals surface area contributed by atoms with Gasteiger partial charge in [0.05, 0.1) is 4.88 Å². The molecule has 1 aliphatic heterocycles. The average Bonchev–Trinajstić information content (AvgIpc) is 3.56. The van der Waals surface area contributed by atoms with Gasteiger partial charge in [-0.1, -0.05) is 11.3 Å². The smallest absolute Gasteiger partial charge is 0.267 e. The highest BCUT2D eigenvalue weighted by Gasteiger charge is 2.41. The number of amides is 1. The van der Waals surface area contributed by atoms with Crippen molar-refractivity contribution in [3.05, 3.63) is 26.9 Å². The van der Waals surface area contributed by atoms with Gasteiger partial charge in [0.2, 0.25) is 5.13 Å². The molecule has 0 aromatic carbocycles. The van der Waals surface area contributed by atoms with Crippen LogP contribution in [-0.4, -0.2) is 52.2 Å². The lowest BCUT2D eigenvalue weighted by Crippen LogP contribution is -2.44. The Morgan fingerprint density at radius 2 is 2.04 bits per heavy atom. The van der Waals surface area contributed by atoms with E-state index >= 15 is 0 Å². The molecule has 0 bridgehead atoms. The minimum absolute atomic E-state index is 0.0833. The molecule has 2 saturated carbocycles. The number of hydrogen-bond acceptors (Lipinski definition) is 7. The minimum atomic E-state index is -0.0833. The first-order valence-corrected chi connectivity index (χ1v) is 11.6. The van der Waals surface area contributed by atoms with E-state index in [1.807, 2.05) is 6.92 Å². The van der Waals surface area contributed by atoms with Crippen LogP contribution in [0.4, 0.5) is 5.13 Å². The first-order chi connectivity index (χ1) is 13.2. The summed E-state index contributed by atoms with van der Waals surface area (Å²) in [7, 11) is 0. The maximum atomic E-state index is 12.4. The second-order valence-corrected chi connectivity index (χ2v) is 10.1. The van der Waals surface area contributed by atoms with Gasteiger partial charge in [-0.05, 0) is 69.1 Å². The third-order valence-corrected chi connectivity index (χ3v) is 7.55. The normalized spacial score (nSPS) is 26.3. The molecule has 5 rings (SSSR count). The number of carbonyl (C=O) groups excluding carboxylic acids is 1. The van der Waals surface area contributed by atoms with E-state index < -0.39 is 0 Å². The van der Waals surface area contributed by atoms with Crippen LogP contribution in [0.2, 0.25) is 0 Å². The molecule has 2 aromatic rings. The van der Waals surface area contributed by atoms with Gasteiger partial charge in [-0.15, -0.1) is 21.5 Å². The van der Waals surface area contributed by atoms with Gasteiger partial charge in [0.25, 0.3) is 5.91 Å². The van der Waals surface area contributed by atoms with E-state index in [2.05, 4.69) is 37.2 Å². The lowest BCUT2D eigenvalue weighted by molar-refractivity contribution is 0.103. The van der Waals surface area contributed by atoms with Gasteiger partial charge in [0, 0.05) is 24.0 Å². The van der Waals surface area contributed by atoms with Crippen LogP contribution in [0.3, 0.4) is 0 Å². The highest BCUT2D eigenvalue weighted by atomic mass is 32.1. The van der Waals surface area contributed by atoms with Gasteiger partial charge < -0.3 is 10.2 Å². The zero-order valence-corrected chi connectivity index (χ0v) is 17.1. The Hall–Kier alpha value is -1.35. The molecule has 2 atom stereocenters. The number of aromatic nitrogens is 2. The number of nitrogens with one attached hydrogen (secondary N) is 2. The van der Waals surface area contributed by atoms with E-state index in [4.69, 9.17) is 0 Å². The number of rotatable bonds is 6. The zero-order valence-electron chi connectivity index (χ0n) is 15.5. The molecule has 1 amide bonds. The second kappa shape index (κ2) is 7.24. The molecular weight excluding hydrogens is 378 g/mol. The van der Waals surface area contributed by atoms with E-state index in [0.29, 0.717) is 23.1 Å². The highest BCUT2D eigenvalue weighted by Crippen LogP contribution is 2.43. The van der Waals surface area contributed by atoms with E-state index in [0.717, 1.165) is 15.9 Å². The summed E-state index contributed by atoms with van der Waals surface area (Å²) in [6.45, 7) is 4.40. The first kappa shape index (κ1) is 17.7. The van der Waals surface area contributed by atoms with Crippen LogP contribution in [0.15, 0.2) is 11.4 Å². The fraction of sp³-hybridized carbons (Fsp3) is 0.632. The van der Waals surface area contributed by atoms with E-state index in [-0.39, 0.29) is 5.91 Å². The largest absolute Gasteiger partial charge is 0.311 e. The summed E-state index contributed by atoms with van der Waals surface area (Å²) in [6, 6.07) is 4.20. The summed E-state index contributed by atoms with van der Waals surface area (Å²) in [4.78, 5) is 15.8. The van der Waals surface area contributed by atoms with Gasteiger partial charge in [0.1, 0.15) is 5.01 Å².